The molecule has 0 radical (unpaired) electrons. The first-order valence-corrected chi connectivity index (χ1v) is 21.2. The number of aromatic carboxylic acids is 4. The van der Waals surface area contributed by atoms with Crippen LogP contribution in [-0.2, 0) is 48.4 Å². The first-order valence-electron chi connectivity index (χ1n) is 18.1. The fourth-order valence-corrected chi connectivity index (χ4v) is 6.31. The number of halogens is 8. The number of hydrogen-bond acceptors (Lipinski definition) is 10. The molecule has 0 unspecified atom stereocenters. The maximum absolute atomic E-state index is 10.3. The number of hydrogen-bond donors (Lipinski definition) is 0. The van der Waals surface area contributed by atoms with Crippen LogP contribution in [-0.4, -0.2) is 50.3 Å². The summed E-state index contributed by atoms with van der Waals surface area (Å²) in [4.78, 5) is 41.1. The fourth-order valence-electron chi connectivity index (χ4n) is 4.21. The molecule has 20 heteroatoms. The van der Waals surface area contributed by atoms with Crippen LogP contribution in [0.3, 0.4) is 0 Å². The van der Waals surface area contributed by atoms with Crippen molar-refractivity contribution in [2.24, 2.45) is 0 Å². The van der Waals surface area contributed by atoms with Crippen LogP contribution in [0.15, 0.2) is 72.8 Å². The van der Waals surface area contributed by atoms with E-state index in [1.54, 1.807) is 0 Å². The van der Waals surface area contributed by atoms with Crippen molar-refractivity contribution in [2.45, 2.75) is 65.2 Å². The van der Waals surface area contributed by atoms with Gasteiger partial charge in [0, 0.05) is 88.9 Å². The van der Waals surface area contributed by atoms with Crippen LogP contribution in [0.1, 0.15) is 107 Å². The molecular formula is C42H42Cl8O10Ru2. The van der Waals surface area contributed by atoms with Crippen molar-refractivity contribution in [1.29, 1.82) is 0 Å². The molecule has 0 N–H and O–H groups in total. The molecule has 2 aliphatic heterocycles. The smallest absolute Gasteiger partial charge is 0.545 e. The van der Waals surface area contributed by atoms with Crippen LogP contribution >= 0.6 is 92.8 Å². The molecule has 0 spiro atoms. The standard InChI is InChI=1S/4C7H4Cl2O2.C6H14.2C4H8O.2Ru/c4*8-5-1-4(7(10)11)2-6(9)3-5;1-3-5-6-4-2;2*1-2-4-5-3-1;;/h4*1-3H,(H,10,11);3-6H2,1-2H3;2*1-4H2;;/q;;;;;;;2*+2/p-4. The van der Waals surface area contributed by atoms with E-state index in [4.69, 9.17) is 102 Å². The van der Waals surface area contributed by atoms with Gasteiger partial charge in [0.2, 0.25) is 0 Å². The summed E-state index contributed by atoms with van der Waals surface area (Å²) in [6.45, 7) is 8.46. The molecule has 62 heavy (non-hydrogen) atoms. The molecule has 2 heterocycles. The maximum Gasteiger partial charge on any atom is 2.00 e. The average molecular weight is 1190 g/mol. The van der Waals surface area contributed by atoms with Gasteiger partial charge in [-0.15, -0.1) is 0 Å². The monoisotopic (exact) mass is 1190 g/mol. The Morgan fingerprint density at radius 1 is 0.387 bits per heavy atom. The number of carboxylic acids is 4. The minimum Gasteiger partial charge on any atom is -0.545 e. The Morgan fingerprint density at radius 2 is 0.548 bits per heavy atom. The van der Waals surface area contributed by atoms with Crippen LogP contribution in [0.2, 0.25) is 40.2 Å². The van der Waals surface area contributed by atoms with Gasteiger partial charge in [-0.1, -0.05) is 132 Å². The van der Waals surface area contributed by atoms with Crippen molar-refractivity contribution < 1.29 is 88.0 Å². The number of carbonyl (C=O) groups excluding carboxylic acids is 4. The van der Waals surface area contributed by atoms with Crippen molar-refractivity contribution in [1.82, 2.24) is 0 Å². The number of rotatable bonds is 7. The molecule has 6 rings (SSSR count). The van der Waals surface area contributed by atoms with E-state index in [-0.39, 0.29) is 101 Å². The summed E-state index contributed by atoms with van der Waals surface area (Å²) in [5.74, 6) is -5.13. The van der Waals surface area contributed by atoms with Crippen LogP contribution in [0.5, 0.6) is 0 Å². The van der Waals surface area contributed by atoms with Crippen molar-refractivity contribution in [2.75, 3.05) is 26.4 Å². The van der Waals surface area contributed by atoms with Crippen molar-refractivity contribution in [3.8, 4) is 0 Å². The SMILES string of the molecule is C1CCOC1.C1CCOC1.CCCCCC.O=C([O-])c1cc(Cl)cc(Cl)c1.O=C([O-])c1cc(Cl)cc(Cl)c1.O=C([O-])c1cc(Cl)cc(Cl)c1.O=C([O-])c1cc(Cl)cc(Cl)c1.[Ru+2].[Ru+2]. The van der Waals surface area contributed by atoms with Gasteiger partial charge in [-0.05, 0) is 98.5 Å². The topological polar surface area (TPSA) is 179 Å². The van der Waals surface area contributed by atoms with Gasteiger partial charge in [-0.25, -0.2) is 0 Å². The van der Waals surface area contributed by atoms with Gasteiger partial charge in [0.25, 0.3) is 0 Å². The molecule has 4 aromatic carbocycles. The molecule has 0 atom stereocenters. The summed E-state index contributed by atoms with van der Waals surface area (Å²) in [5.41, 5.74) is -0.0463. The van der Waals surface area contributed by atoms with E-state index in [9.17, 15) is 39.6 Å². The molecule has 2 fully saturated rings. The summed E-state index contributed by atoms with van der Waals surface area (Å²) in [5, 5.41) is 43.4. The van der Waals surface area contributed by atoms with E-state index >= 15 is 0 Å². The molecule has 0 aliphatic carbocycles. The van der Waals surface area contributed by atoms with Crippen LogP contribution in [0, 0.1) is 0 Å². The second-order valence-electron chi connectivity index (χ2n) is 12.1. The summed E-state index contributed by atoms with van der Waals surface area (Å²) in [6, 6.07) is 16.1. The van der Waals surface area contributed by atoms with Gasteiger partial charge >= 0.3 is 39.0 Å². The van der Waals surface area contributed by atoms with Gasteiger partial charge in [-0.3, -0.25) is 0 Å². The van der Waals surface area contributed by atoms with E-state index in [1.807, 2.05) is 0 Å². The quantitative estimate of drug-likeness (QED) is 0.128. The number of carbonyl (C=O) groups is 4. The third kappa shape index (κ3) is 33.7. The number of benzene rings is 4. The molecular weight excluding hydrogens is 1150 g/mol. The Morgan fingerprint density at radius 3 is 0.645 bits per heavy atom. The summed E-state index contributed by atoms with van der Waals surface area (Å²) >= 11 is 44.1. The normalized spacial score (nSPS) is 11.6. The van der Waals surface area contributed by atoms with Crippen molar-refractivity contribution in [3.63, 3.8) is 0 Å². The number of unbranched alkanes of at least 4 members (excludes halogenated alkanes) is 3. The summed E-state index contributed by atoms with van der Waals surface area (Å²) in [7, 11) is 0. The second kappa shape index (κ2) is 38.5. The van der Waals surface area contributed by atoms with E-state index in [0.717, 1.165) is 26.4 Å². The fraction of sp³-hybridized carbons (Fsp3) is 0.333. The molecule has 0 saturated carbocycles. The molecule has 4 aromatic rings. The first kappa shape index (κ1) is 64.5. The summed E-state index contributed by atoms with van der Waals surface area (Å²) in [6.07, 6.45) is 10.6. The van der Waals surface area contributed by atoms with Gasteiger partial charge < -0.3 is 49.1 Å². The zero-order valence-corrected chi connectivity index (χ0v) is 42.8. The Labute approximate surface area is 427 Å². The van der Waals surface area contributed by atoms with Gasteiger partial charge in [0.1, 0.15) is 0 Å². The van der Waals surface area contributed by atoms with Gasteiger partial charge in [-0.2, -0.15) is 0 Å². The zero-order chi connectivity index (χ0) is 45.6. The number of ether oxygens (including phenoxy) is 2. The summed E-state index contributed by atoms with van der Waals surface area (Å²) < 4.78 is 9.89. The molecule has 2 saturated heterocycles. The molecule has 0 aromatic heterocycles. The van der Waals surface area contributed by atoms with Gasteiger partial charge in [0.15, 0.2) is 0 Å². The van der Waals surface area contributed by atoms with Crippen LogP contribution in [0.4, 0.5) is 0 Å². The predicted octanol–water partition coefficient (Wildman–Crippen LogP) is 9.60. The van der Waals surface area contributed by atoms with Crippen molar-refractivity contribution >= 4 is 117 Å². The third-order valence-electron chi connectivity index (χ3n) is 7.00. The second-order valence-corrected chi connectivity index (χ2v) is 15.6. The Bertz CT molecular complexity index is 1580. The zero-order valence-electron chi connectivity index (χ0n) is 33.2. The molecule has 342 valence electrons. The van der Waals surface area contributed by atoms with E-state index in [2.05, 4.69) is 13.8 Å². The van der Waals surface area contributed by atoms with Gasteiger partial charge in [0.05, 0.1) is 23.9 Å². The molecule has 0 amide bonds. The first-order chi connectivity index (χ1) is 28.3. The third-order valence-corrected chi connectivity index (χ3v) is 8.75. The predicted molar refractivity (Wildman–Crippen MR) is 233 cm³/mol. The molecule has 0 bridgehead atoms. The average Bonchev–Trinajstić information content (AvgIpc) is 3.94. The molecule has 10 nitrogen and oxygen atoms in total. The largest absolute Gasteiger partial charge is 2.00 e. The van der Waals surface area contributed by atoms with E-state index in [0.29, 0.717) is 0 Å². The van der Waals surface area contributed by atoms with E-state index in [1.165, 1.54) is 124 Å². The Kier molecular flexibility index (Phi) is 40.1. The molecule has 2 aliphatic rings. The Balaban J connectivity index is -0.000000665. The number of carboxylic acid groups (broad SMARTS) is 4. The maximum atomic E-state index is 10.3. The van der Waals surface area contributed by atoms with E-state index < -0.39 is 23.9 Å². The van der Waals surface area contributed by atoms with Crippen LogP contribution in [0.25, 0.3) is 0 Å². The van der Waals surface area contributed by atoms with Crippen molar-refractivity contribution in [3.05, 3.63) is 135 Å². The Hall–Kier alpha value is -1.75. The van der Waals surface area contributed by atoms with Crippen LogP contribution < -0.4 is 20.4 Å². The minimum atomic E-state index is -1.28. The minimum absolute atomic E-state index is 0.